The summed E-state index contributed by atoms with van der Waals surface area (Å²) in [7, 11) is 0. The van der Waals surface area contributed by atoms with Crippen molar-refractivity contribution in [3.05, 3.63) is 63.6 Å². The second kappa shape index (κ2) is 7.05. The average Bonchev–Trinajstić information content (AvgIpc) is 2.53. The maximum Gasteiger partial charge on any atom is 0.241 e. The Balaban J connectivity index is 1.82. The van der Waals surface area contributed by atoms with Crippen LogP contribution in [0.2, 0.25) is 10.0 Å². The molecule has 0 aliphatic carbocycles. The minimum absolute atomic E-state index is 0.0923. The number of para-hydroxylation sites is 1. The van der Waals surface area contributed by atoms with Gasteiger partial charge >= 0.3 is 0 Å². The summed E-state index contributed by atoms with van der Waals surface area (Å²) in [6, 6.07) is 8.30. The van der Waals surface area contributed by atoms with Crippen molar-refractivity contribution < 1.29 is 13.6 Å². The van der Waals surface area contributed by atoms with E-state index in [1.807, 2.05) is 0 Å². The van der Waals surface area contributed by atoms with Gasteiger partial charge in [-0.3, -0.25) is 4.79 Å². The van der Waals surface area contributed by atoms with Gasteiger partial charge in [0.2, 0.25) is 5.91 Å². The lowest BCUT2D eigenvalue weighted by molar-refractivity contribution is -0.119. The van der Waals surface area contributed by atoms with Crippen LogP contribution in [0.15, 0.2) is 36.4 Å². The van der Waals surface area contributed by atoms with Gasteiger partial charge in [-0.1, -0.05) is 35.3 Å². The van der Waals surface area contributed by atoms with E-state index in [4.69, 9.17) is 23.2 Å². The van der Waals surface area contributed by atoms with Crippen molar-refractivity contribution in [1.82, 2.24) is 5.32 Å². The first kappa shape index (κ1) is 17.1. The van der Waals surface area contributed by atoms with Crippen LogP contribution in [0.1, 0.15) is 5.56 Å². The van der Waals surface area contributed by atoms with E-state index in [0.717, 1.165) is 6.07 Å². The number of nitrogens with one attached hydrogen (secondary N) is 1. The molecule has 3 rings (SSSR count). The van der Waals surface area contributed by atoms with Crippen molar-refractivity contribution in [1.29, 1.82) is 0 Å². The molecule has 1 N–H and O–H groups in total. The Morgan fingerprint density at radius 2 is 1.88 bits per heavy atom. The van der Waals surface area contributed by atoms with Crippen LogP contribution in [-0.2, 0) is 11.2 Å². The maximum atomic E-state index is 13.8. The van der Waals surface area contributed by atoms with Crippen LogP contribution < -0.4 is 10.2 Å². The number of nitrogens with zero attached hydrogens (tertiary/aromatic N) is 1. The molecule has 3 nitrogen and oxygen atoms in total. The predicted molar refractivity (Wildman–Crippen MR) is 90.7 cm³/mol. The van der Waals surface area contributed by atoms with Crippen LogP contribution >= 0.6 is 23.2 Å². The van der Waals surface area contributed by atoms with Gasteiger partial charge in [0.1, 0.15) is 11.6 Å². The first-order valence-electron chi connectivity index (χ1n) is 7.37. The number of carbonyl (C=O) groups is 1. The minimum Gasteiger partial charge on any atom is -0.307 e. The van der Waals surface area contributed by atoms with E-state index in [-0.39, 0.29) is 18.5 Å². The van der Waals surface area contributed by atoms with Crippen LogP contribution in [0.4, 0.5) is 14.5 Å². The van der Waals surface area contributed by atoms with E-state index in [2.05, 4.69) is 5.32 Å². The highest BCUT2D eigenvalue weighted by atomic mass is 35.5. The molecule has 0 bridgehead atoms. The lowest BCUT2D eigenvalue weighted by Crippen LogP contribution is -2.55. The fourth-order valence-corrected chi connectivity index (χ4v) is 3.37. The summed E-state index contributed by atoms with van der Waals surface area (Å²) in [6.07, 6.45) is 0.317. The van der Waals surface area contributed by atoms with Gasteiger partial charge in [-0.15, -0.1) is 0 Å². The Hall–Kier alpha value is -1.69. The van der Waals surface area contributed by atoms with E-state index in [9.17, 15) is 13.6 Å². The molecule has 1 unspecified atom stereocenters. The third-order valence-corrected chi connectivity index (χ3v) is 4.54. The molecule has 2 aromatic carbocycles. The number of rotatable bonds is 3. The minimum atomic E-state index is -0.618. The van der Waals surface area contributed by atoms with Gasteiger partial charge in [0.15, 0.2) is 0 Å². The summed E-state index contributed by atoms with van der Waals surface area (Å²) < 4.78 is 26.9. The highest BCUT2D eigenvalue weighted by Crippen LogP contribution is 2.34. The molecule has 7 heteroatoms. The van der Waals surface area contributed by atoms with Gasteiger partial charge in [0.05, 0.1) is 22.3 Å². The molecule has 1 fully saturated rings. The molecule has 0 radical (unpaired) electrons. The molecule has 0 spiro atoms. The Bertz CT molecular complexity index is 765. The molecule has 2 aromatic rings. The molecule has 0 aromatic heterocycles. The third kappa shape index (κ3) is 3.53. The third-order valence-electron chi connectivity index (χ3n) is 3.93. The molecule has 1 amide bonds. The van der Waals surface area contributed by atoms with E-state index >= 15 is 0 Å². The summed E-state index contributed by atoms with van der Waals surface area (Å²) in [5.74, 6) is -1.38. The van der Waals surface area contributed by atoms with Crippen molar-refractivity contribution in [2.75, 3.05) is 18.0 Å². The van der Waals surface area contributed by atoms with Gasteiger partial charge in [-0.2, -0.15) is 0 Å². The number of piperazine rings is 1. The monoisotopic (exact) mass is 370 g/mol. The summed E-state index contributed by atoms with van der Waals surface area (Å²) in [5.41, 5.74) is 0.838. The smallest absolute Gasteiger partial charge is 0.241 e. The Kier molecular flexibility index (Phi) is 5.04. The summed E-state index contributed by atoms with van der Waals surface area (Å²) >= 11 is 12.4. The van der Waals surface area contributed by atoms with Crippen LogP contribution in [0.25, 0.3) is 0 Å². The van der Waals surface area contributed by atoms with Crippen molar-refractivity contribution >= 4 is 34.8 Å². The lowest BCUT2D eigenvalue weighted by Gasteiger charge is -2.34. The Morgan fingerprint density at radius 3 is 2.54 bits per heavy atom. The van der Waals surface area contributed by atoms with E-state index < -0.39 is 11.6 Å². The Morgan fingerprint density at radius 1 is 1.17 bits per heavy atom. The number of anilines is 1. The second-order valence-corrected chi connectivity index (χ2v) is 6.41. The van der Waals surface area contributed by atoms with Gasteiger partial charge in [0, 0.05) is 18.7 Å². The standard InChI is InChI=1S/C17H14Cl2F2N2O/c18-13-2-1-3-14(19)17(13)23-9-12(22-8-16(23)24)6-10-4-5-11(20)7-15(10)21/h1-5,7,12,22H,6,8-9H2. The number of amides is 1. The molecule has 24 heavy (non-hydrogen) atoms. The average molecular weight is 371 g/mol. The molecule has 1 atom stereocenters. The summed E-state index contributed by atoms with van der Waals surface area (Å²) in [4.78, 5) is 13.7. The zero-order valence-corrected chi connectivity index (χ0v) is 14.0. The van der Waals surface area contributed by atoms with Crippen LogP contribution in [-0.4, -0.2) is 25.0 Å². The molecule has 126 valence electrons. The van der Waals surface area contributed by atoms with Gasteiger partial charge < -0.3 is 10.2 Å². The van der Waals surface area contributed by atoms with Crippen LogP contribution in [0.5, 0.6) is 0 Å². The largest absolute Gasteiger partial charge is 0.307 e. The zero-order valence-electron chi connectivity index (χ0n) is 12.5. The number of benzene rings is 2. The lowest BCUT2D eigenvalue weighted by atomic mass is 10.0. The van der Waals surface area contributed by atoms with Crippen molar-refractivity contribution in [2.24, 2.45) is 0 Å². The van der Waals surface area contributed by atoms with Gasteiger partial charge in [-0.25, -0.2) is 8.78 Å². The molecule has 0 saturated carbocycles. The van der Waals surface area contributed by atoms with Gasteiger partial charge in [0.25, 0.3) is 0 Å². The number of halogens is 4. The predicted octanol–water partition coefficient (Wildman–Crippen LogP) is 3.82. The van der Waals surface area contributed by atoms with E-state index in [1.54, 1.807) is 18.2 Å². The van der Waals surface area contributed by atoms with E-state index in [0.29, 0.717) is 34.3 Å². The molecule has 1 heterocycles. The molecule has 1 aliphatic heterocycles. The van der Waals surface area contributed by atoms with Crippen LogP contribution in [0, 0.1) is 11.6 Å². The molecular weight excluding hydrogens is 357 g/mol. The molecular formula is C17H14Cl2F2N2O. The van der Waals surface area contributed by atoms with Crippen LogP contribution in [0.3, 0.4) is 0 Å². The van der Waals surface area contributed by atoms with Crippen molar-refractivity contribution in [2.45, 2.75) is 12.5 Å². The number of carbonyl (C=O) groups excluding carboxylic acids is 1. The Labute approximate surface area is 148 Å². The fourth-order valence-electron chi connectivity index (χ4n) is 2.77. The summed E-state index contributed by atoms with van der Waals surface area (Å²) in [5, 5.41) is 3.82. The molecule has 1 saturated heterocycles. The van der Waals surface area contributed by atoms with Crippen molar-refractivity contribution in [3.63, 3.8) is 0 Å². The fraction of sp³-hybridized carbons (Fsp3) is 0.235. The maximum absolute atomic E-state index is 13.8. The first-order chi connectivity index (χ1) is 11.5. The zero-order chi connectivity index (χ0) is 17.3. The van der Waals surface area contributed by atoms with Gasteiger partial charge in [-0.05, 0) is 30.2 Å². The number of hydrogen-bond acceptors (Lipinski definition) is 2. The highest BCUT2D eigenvalue weighted by Gasteiger charge is 2.29. The SMILES string of the molecule is O=C1CNC(Cc2ccc(F)cc2F)CN1c1c(Cl)cccc1Cl. The highest BCUT2D eigenvalue weighted by molar-refractivity contribution is 6.40. The number of hydrogen-bond donors (Lipinski definition) is 1. The topological polar surface area (TPSA) is 32.3 Å². The quantitative estimate of drug-likeness (QED) is 0.890. The summed E-state index contributed by atoms with van der Waals surface area (Å²) in [6.45, 7) is 0.383. The molecule has 1 aliphatic rings. The second-order valence-electron chi connectivity index (χ2n) is 5.59. The van der Waals surface area contributed by atoms with Crippen molar-refractivity contribution in [3.8, 4) is 0 Å². The van der Waals surface area contributed by atoms with E-state index in [1.165, 1.54) is 17.0 Å². The first-order valence-corrected chi connectivity index (χ1v) is 8.13. The normalized spacial score (nSPS) is 18.1.